The molecule has 0 saturated carbocycles. The van der Waals surface area contributed by atoms with Crippen LogP contribution in [0.2, 0.25) is 0 Å². The average Bonchev–Trinajstić information content (AvgIpc) is 2.64. The van der Waals surface area contributed by atoms with Gasteiger partial charge in [-0.05, 0) is 18.9 Å². The Morgan fingerprint density at radius 3 is 2.74 bits per heavy atom. The molecule has 148 valence electrons. The van der Waals surface area contributed by atoms with Crippen LogP contribution in [0.3, 0.4) is 0 Å². The highest BCUT2D eigenvalue weighted by Gasteiger charge is 2.51. The molecule has 9 nitrogen and oxygen atoms in total. The lowest BCUT2D eigenvalue weighted by Gasteiger charge is -2.48. The Morgan fingerprint density at radius 2 is 2.15 bits per heavy atom. The molecule has 0 radical (unpaired) electrons. The normalized spacial score (nSPS) is 30.9. The monoisotopic (exact) mass is 412 g/mol. The van der Waals surface area contributed by atoms with Crippen LogP contribution in [0.25, 0.3) is 0 Å². The summed E-state index contributed by atoms with van der Waals surface area (Å²) in [5.74, 6) is -0.471. The number of nitrogens with one attached hydrogen (secondary N) is 1. The molecule has 27 heavy (non-hydrogen) atoms. The summed E-state index contributed by atoms with van der Waals surface area (Å²) in [4.78, 5) is 31.4. The van der Waals surface area contributed by atoms with Gasteiger partial charge in [0.05, 0.1) is 12.1 Å². The number of amidine groups is 2. The number of aliphatic imine (C=N–C) groups is 1. The molecule has 0 spiro atoms. The summed E-state index contributed by atoms with van der Waals surface area (Å²) in [7, 11) is 0. The van der Waals surface area contributed by atoms with Gasteiger partial charge in [0.1, 0.15) is 22.9 Å². The smallest absolute Gasteiger partial charge is 0.352 e. The van der Waals surface area contributed by atoms with Gasteiger partial charge >= 0.3 is 5.97 Å². The Hall–Kier alpha value is -1.56. The zero-order valence-electron chi connectivity index (χ0n) is 15.2. The highest BCUT2D eigenvalue weighted by molar-refractivity contribution is 8.14. The van der Waals surface area contributed by atoms with E-state index in [1.54, 1.807) is 0 Å². The molecule has 4 atom stereocenters. The van der Waals surface area contributed by atoms with E-state index in [-0.39, 0.29) is 34.9 Å². The SMILES string of the molecule is CCC1C(=N)N=C(SCC2=C(C(=O)O)N3C(=O)C(N)[C@@H]3SC2)N(CC)C1N. The first-order chi connectivity index (χ1) is 12.8. The highest BCUT2D eigenvalue weighted by Crippen LogP contribution is 2.40. The van der Waals surface area contributed by atoms with Crippen molar-refractivity contribution >= 4 is 46.4 Å². The van der Waals surface area contributed by atoms with Gasteiger partial charge < -0.3 is 21.5 Å². The molecule has 3 unspecified atom stereocenters. The van der Waals surface area contributed by atoms with Crippen LogP contribution < -0.4 is 11.5 Å². The zero-order chi connectivity index (χ0) is 19.9. The van der Waals surface area contributed by atoms with E-state index in [9.17, 15) is 14.7 Å². The van der Waals surface area contributed by atoms with Gasteiger partial charge in [0.2, 0.25) is 5.91 Å². The van der Waals surface area contributed by atoms with Crippen molar-refractivity contribution in [2.45, 2.75) is 37.8 Å². The van der Waals surface area contributed by atoms with Gasteiger partial charge in [-0.2, -0.15) is 0 Å². The molecule has 3 aliphatic rings. The molecule has 3 aliphatic heterocycles. The van der Waals surface area contributed by atoms with Gasteiger partial charge in [-0.3, -0.25) is 15.1 Å². The average molecular weight is 413 g/mol. The third-order valence-electron chi connectivity index (χ3n) is 5.03. The maximum absolute atomic E-state index is 12.0. The van der Waals surface area contributed by atoms with Gasteiger partial charge in [0.15, 0.2) is 5.17 Å². The van der Waals surface area contributed by atoms with Crippen LogP contribution in [-0.4, -0.2) is 73.4 Å². The molecule has 1 fully saturated rings. The lowest BCUT2D eigenvalue weighted by atomic mass is 10.00. The molecule has 3 rings (SSSR count). The maximum atomic E-state index is 12.0. The van der Waals surface area contributed by atoms with E-state index in [0.717, 1.165) is 6.42 Å². The number of rotatable bonds is 5. The molecular formula is C16H24N6O3S2. The minimum absolute atomic E-state index is 0.0308. The standard InChI is InChI=1S/C16H24N6O3S2/c1-3-8-11(18)20-16(21(4-2)12(8)19)27-6-7-5-26-14-9(17)13(23)22(14)10(7)15(24)25/h8-9,12,14,18H,3-6,17,19H2,1-2H3,(H,24,25)/t8?,9?,12?,14-/m0/s1. The van der Waals surface area contributed by atoms with Crippen LogP contribution in [-0.2, 0) is 9.59 Å². The Morgan fingerprint density at radius 1 is 1.44 bits per heavy atom. The van der Waals surface area contributed by atoms with Gasteiger partial charge in [0, 0.05) is 18.1 Å². The summed E-state index contributed by atoms with van der Waals surface area (Å²) in [5.41, 5.74) is 12.8. The number of thioether (sulfide) groups is 2. The fraction of sp³-hybridized carbons (Fsp3) is 0.625. The van der Waals surface area contributed by atoms with Crippen molar-refractivity contribution in [2.24, 2.45) is 22.4 Å². The Kier molecular flexibility index (Phi) is 5.84. The number of carbonyl (C=O) groups excluding carboxylic acids is 1. The van der Waals surface area contributed by atoms with Crippen LogP contribution in [0.1, 0.15) is 20.3 Å². The Balaban J connectivity index is 1.81. The van der Waals surface area contributed by atoms with Gasteiger partial charge in [-0.1, -0.05) is 18.7 Å². The van der Waals surface area contributed by atoms with Crippen molar-refractivity contribution in [3.8, 4) is 0 Å². The van der Waals surface area contributed by atoms with E-state index in [4.69, 9.17) is 16.9 Å². The lowest BCUT2D eigenvalue weighted by molar-refractivity contribution is -0.147. The van der Waals surface area contributed by atoms with Crippen LogP contribution in [0.5, 0.6) is 0 Å². The van der Waals surface area contributed by atoms with Crippen molar-refractivity contribution < 1.29 is 14.7 Å². The number of aliphatic carboxylic acids is 1. The fourth-order valence-electron chi connectivity index (χ4n) is 3.50. The number of nitrogens with two attached hydrogens (primary N) is 2. The van der Waals surface area contributed by atoms with E-state index in [1.165, 1.54) is 28.4 Å². The number of carboxylic acids is 1. The highest BCUT2D eigenvalue weighted by atomic mass is 32.2. The first-order valence-electron chi connectivity index (χ1n) is 8.79. The van der Waals surface area contributed by atoms with Crippen molar-refractivity contribution in [3.05, 3.63) is 11.3 Å². The molecule has 11 heteroatoms. The molecule has 0 aromatic rings. The third kappa shape index (κ3) is 3.37. The van der Waals surface area contributed by atoms with Crippen LogP contribution >= 0.6 is 23.5 Å². The van der Waals surface area contributed by atoms with E-state index in [1.807, 2.05) is 18.7 Å². The minimum Gasteiger partial charge on any atom is -0.477 e. The molecule has 6 N–H and O–H groups in total. The lowest BCUT2D eigenvalue weighted by Crippen LogP contribution is -2.68. The number of nitrogens with zero attached hydrogens (tertiary/aromatic N) is 3. The van der Waals surface area contributed by atoms with Crippen molar-refractivity contribution in [2.75, 3.05) is 18.1 Å². The topological polar surface area (TPSA) is 149 Å². The predicted molar refractivity (Wildman–Crippen MR) is 107 cm³/mol. The zero-order valence-corrected chi connectivity index (χ0v) is 16.8. The van der Waals surface area contributed by atoms with E-state index >= 15 is 0 Å². The molecule has 1 amide bonds. The minimum atomic E-state index is -1.12. The number of hydrogen-bond acceptors (Lipinski definition) is 8. The number of fused-ring (bicyclic) bond motifs is 1. The third-order valence-corrected chi connectivity index (χ3v) is 7.47. The molecule has 0 aliphatic carbocycles. The Bertz CT molecular complexity index is 740. The summed E-state index contributed by atoms with van der Waals surface area (Å²) in [6, 6.07) is -0.638. The summed E-state index contributed by atoms with van der Waals surface area (Å²) in [6.45, 7) is 4.60. The molecule has 1 saturated heterocycles. The quantitative estimate of drug-likeness (QED) is 0.470. The second-order valence-corrected chi connectivity index (χ2v) is 8.60. The first kappa shape index (κ1) is 20.2. The van der Waals surface area contributed by atoms with Crippen molar-refractivity contribution in [1.82, 2.24) is 9.80 Å². The molecule has 0 bridgehead atoms. The van der Waals surface area contributed by atoms with E-state index in [0.29, 0.717) is 28.8 Å². The van der Waals surface area contributed by atoms with Crippen molar-refractivity contribution in [3.63, 3.8) is 0 Å². The number of carbonyl (C=O) groups is 2. The van der Waals surface area contributed by atoms with E-state index < -0.39 is 12.0 Å². The largest absolute Gasteiger partial charge is 0.477 e. The van der Waals surface area contributed by atoms with Crippen LogP contribution in [0, 0.1) is 11.3 Å². The predicted octanol–water partition coefficient (Wildman–Crippen LogP) is 0.280. The number of hydrogen-bond donors (Lipinski definition) is 4. The summed E-state index contributed by atoms with van der Waals surface area (Å²) in [6.07, 6.45) is 0.419. The molecular weight excluding hydrogens is 388 g/mol. The number of amides is 1. The molecule has 0 aromatic heterocycles. The molecule has 3 heterocycles. The second-order valence-electron chi connectivity index (χ2n) is 6.55. The summed E-state index contributed by atoms with van der Waals surface area (Å²) < 4.78 is 0. The maximum Gasteiger partial charge on any atom is 0.352 e. The summed E-state index contributed by atoms with van der Waals surface area (Å²) in [5, 5.41) is 18.1. The van der Waals surface area contributed by atoms with Crippen molar-refractivity contribution in [1.29, 1.82) is 5.41 Å². The van der Waals surface area contributed by atoms with Crippen LogP contribution in [0.4, 0.5) is 0 Å². The first-order valence-corrected chi connectivity index (χ1v) is 10.8. The van der Waals surface area contributed by atoms with Gasteiger partial charge in [-0.15, -0.1) is 11.8 Å². The van der Waals surface area contributed by atoms with Gasteiger partial charge in [-0.25, -0.2) is 9.79 Å². The van der Waals surface area contributed by atoms with E-state index in [2.05, 4.69) is 4.99 Å². The number of carboxylic acid groups (broad SMARTS) is 1. The summed E-state index contributed by atoms with van der Waals surface area (Å²) >= 11 is 2.84. The van der Waals surface area contributed by atoms with Crippen LogP contribution in [0.15, 0.2) is 16.3 Å². The Labute approximate surface area is 166 Å². The molecule has 0 aromatic carbocycles. The second kappa shape index (κ2) is 7.82. The fourth-order valence-corrected chi connectivity index (χ4v) is 6.04. The van der Waals surface area contributed by atoms with Gasteiger partial charge in [0.25, 0.3) is 0 Å². The number of β-lactam (4-membered cyclic amide) rings is 1.